The molecule has 0 saturated carbocycles. The molecule has 0 unspecified atom stereocenters. The van der Waals surface area contributed by atoms with Gasteiger partial charge in [-0.3, -0.25) is 10.1 Å². The van der Waals surface area contributed by atoms with E-state index in [0.29, 0.717) is 13.1 Å². The summed E-state index contributed by atoms with van der Waals surface area (Å²) in [6, 6.07) is 10.1. The van der Waals surface area contributed by atoms with Crippen LogP contribution in [0.1, 0.15) is 24.5 Å². The second kappa shape index (κ2) is 7.44. The minimum atomic E-state index is -3.17. The van der Waals surface area contributed by atoms with Gasteiger partial charge in [0.1, 0.15) is 11.5 Å². The molecule has 3 aromatic rings. The summed E-state index contributed by atoms with van der Waals surface area (Å²) in [6.45, 7) is 0.981. The molecule has 0 aliphatic carbocycles. The van der Waals surface area contributed by atoms with Gasteiger partial charge in [0.15, 0.2) is 0 Å². The van der Waals surface area contributed by atoms with Crippen LogP contribution in [0.15, 0.2) is 48.8 Å². The molecule has 3 heterocycles. The summed E-state index contributed by atoms with van der Waals surface area (Å²) < 4.78 is 38.5. The lowest BCUT2D eigenvalue weighted by Crippen LogP contribution is -2.37. The zero-order chi connectivity index (χ0) is 19.7. The fraction of sp³-hybridized carbons (Fsp3) is 0.300. The number of rotatable bonds is 4. The Balaban J connectivity index is 1.73. The van der Waals surface area contributed by atoms with Crippen LogP contribution in [-0.4, -0.2) is 47.2 Å². The first-order chi connectivity index (χ1) is 13.4. The Morgan fingerprint density at radius 1 is 1.04 bits per heavy atom. The van der Waals surface area contributed by atoms with E-state index in [4.69, 9.17) is 0 Å². The number of hydrogen-bond acceptors (Lipinski definition) is 4. The molecule has 1 fully saturated rings. The van der Waals surface area contributed by atoms with Crippen LogP contribution in [-0.2, 0) is 10.0 Å². The number of H-pyrrole nitrogens is 1. The number of benzene rings is 1. The van der Waals surface area contributed by atoms with Gasteiger partial charge in [-0.2, -0.15) is 5.10 Å². The Morgan fingerprint density at radius 3 is 2.29 bits per heavy atom. The van der Waals surface area contributed by atoms with E-state index < -0.39 is 10.0 Å². The van der Waals surface area contributed by atoms with Crippen molar-refractivity contribution in [2.24, 2.45) is 0 Å². The van der Waals surface area contributed by atoms with Gasteiger partial charge in [-0.05, 0) is 54.8 Å². The van der Waals surface area contributed by atoms with Crippen LogP contribution in [0.5, 0.6) is 0 Å². The molecule has 28 heavy (non-hydrogen) atoms. The summed E-state index contributed by atoms with van der Waals surface area (Å²) >= 11 is 0. The van der Waals surface area contributed by atoms with Crippen molar-refractivity contribution in [3.05, 3.63) is 60.3 Å². The number of nitrogens with one attached hydrogen (secondary N) is 1. The van der Waals surface area contributed by atoms with E-state index in [1.807, 2.05) is 12.1 Å². The van der Waals surface area contributed by atoms with Crippen molar-refractivity contribution < 1.29 is 12.8 Å². The lowest BCUT2D eigenvalue weighted by Gasteiger charge is -2.30. The zero-order valence-corrected chi connectivity index (χ0v) is 16.3. The molecule has 1 aliphatic rings. The van der Waals surface area contributed by atoms with Crippen LogP contribution in [0.3, 0.4) is 0 Å². The second-order valence-corrected chi connectivity index (χ2v) is 9.02. The highest BCUT2D eigenvalue weighted by atomic mass is 32.2. The summed E-state index contributed by atoms with van der Waals surface area (Å²) in [5, 5.41) is 7.71. The molecule has 146 valence electrons. The predicted molar refractivity (Wildman–Crippen MR) is 106 cm³/mol. The van der Waals surface area contributed by atoms with Crippen LogP contribution >= 0.6 is 0 Å². The first kappa shape index (κ1) is 18.8. The first-order valence-corrected chi connectivity index (χ1v) is 11.0. The molecule has 0 spiro atoms. The summed E-state index contributed by atoms with van der Waals surface area (Å²) in [4.78, 5) is 4.09. The van der Waals surface area contributed by atoms with Gasteiger partial charge in [0.2, 0.25) is 10.0 Å². The molecule has 8 heteroatoms. The van der Waals surface area contributed by atoms with Gasteiger partial charge in [-0.1, -0.05) is 0 Å². The van der Waals surface area contributed by atoms with Gasteiger partial charge in [0.05, 0.1) is 6.26 Å². The van der Waals surface area contributed by atoms with Gasteiger partial charge in [-0.25, -0.2) is 17.1 Å². The SMILES string of the molecule is CS(=O)(=O)N1CCC(c2[nH]nc(-c3ccc(F)cc3)c2-c2ccncc2)CC1. The van der Waals surface area contributed by atoms with E-state index in [2.05, 4.69) is 15.2 Å². The van der Waals surface area contributed by atoms with E-state index in [1.165, 1.54) is 22.7 Å². The predicted octanol–water partition coefficient (Wildman–Crippen LogP) is 3.42. The summed E-state index contributed by atoms with van der Waals surface area (Å²) in [5.41, 5.74) is 4.50. The number of aromatic nitrogens is 3. The molecule has 6 nitrogen and oxygen atoms in total. The highest BCUT2D eigenvalue weighted by Crippen LogP contribution is 2.39. The Morgan fingerprint density at radius 2 is 1.68 bits per heavy atom. The molecule has 0 bridgehead atoms. The molecule has 1 aromatic carbocycles. The maximum absolute atomic E-state index is 13.4. The Kier molecular flexibility index (Phi) is 4.99. The monoisotopic (exact) mass is 400 g/mol. The van der Waals surface area contributed by atoms with E-state index in [9.17, 15) is 12.8 Å². The van der Waals surface area contributed by atoms with E-state index in [-0.39, 0.29) is 11.7 Å². The average molecular weight is 400 g/mol. The maximum atomic E-state index is 13.4. The summed E-state index contributed by atoms with van der Waals surface area (Å²) in [7, 11) is -3.17. The molecule has 0 radical (unpaired) electrons. The lowest BCUT2D eigenvalue weighted by atomic mass is 9.88. The number of hydrogen-bond donors (Lipinski definition) is 1. The summed E-state index contributed by atoms with van der Waals surface area (Å²) in [5.74, 6) is -0.124. The van der Waals surface area contributed by atoms with Crippen molar-refractivity contribution in [1.82, 2.24) is 19.5 Å². The van der Waals surface area contributed by atoms with Crippen molar-refractivity contribution in [1.29, 1.82) is 0 Å². The standard InChI is InChI=1S/C20H21FN4O2S/c1-28(26,27)25-12-8-16(9-13-25)20-18(14-6-10-22-11-7-14)19(23-24-20)15-2-4-17(21)5-3-15/h2-7,10-11,16H,8-9,12-13H2,1H3,(H,23,24). The minimum Gasteiger partial charge on any atom is -0.281 e. The molecule has 1 saturated heterocycles. The third-order valence-corrected chi connectivity index (χ3v) is 6.52. The third-order valence-electron chi connectivity index (χ3n) is 5.21. The Hall–Kier alpha value is -2.58. The highest BCUT2D eigenvalue weighted by molar-refractivity contribution is 7.88. The van der Waals surface area contributed by atoms with Crippen LogP contribution in [0.2, 0.25) is 0 Å². The third kappa shape index (κ3) is 3.70. The molecule has 2 aromatic heterocycles. The number of halogens is 1. The molecule has 0 atom stereocenters. The van der Waals surface area contributed by atoms with Gasteiger partial charge in [0.25, 0.3) is 0 Å². The molecule has 0 amide bonds. The Labute approximate surface area is 163 Å². The fourth-order valence-corrected chi connectivity index (χ4v) is 4.63. The van der Waals surface area contributed by atoms with Crippen molar-refractivity contribution in [3.8, 4) is 22.4 Å². The van der Waals surface area contributed by atoms with Crippen LogP contribution < -0.4 is 0 Å². The molecule has 1 aliphatic heterocycles. The molecule has 1 N–H and O–H groups in total. The fourth-order valence-electron chi connectivity index (χ4n) is 3.75. The molecule has 4 rings (SSSR count). The number of piperidine rings is 1. The zero-order valence-electron chi connectivity index (χ0n) is 15.5. The van der Waals surface area contributed by atoms with E-state index >= 15 is 0 Å². The number of pyridine rings is 1. The van der Waals surface area contributed by atoms with Crippen molar-refractivity contribution in [3.63, 3.8) is 0 Å². The lowest BCUT2D eigenvalue weighted by molar-refractivity contribution is 0.319. The topological polar surface area (TPSA) is 79.0 Å². The van der Waals surface area contributed by atoms with E-state index in [1.54, 1.807) is 24.5 Å². The second-order valence-electron chi connectivity index (χ2n) is 7.04. The van der Waals surface area contributed by atoms with Gasteiger partial charge in [0, 0.05) is 48.2 Å². The Bertz CT molecular complexity index is 1060. The van der Waals surface area contributed by atoms with Gasteiger partial charge >= 0.3 is 0 Å². The largest absolute Gasteiger partial charge is 0.281 e. The van der Waals surface area contributed by atoms with Crippen molar-refractivity contribution in [2.75, 3.05) is 19.3 Å². The van der Waals surface area contributed by atoms with Crippen molar-refractivity contribution >= 4 is 10.0 Å². The highest BCUT2D eigenvalue weighted by Gasteiger charge is 2.29. The molecular weight excluding hydrogens is 379 g/mol. The van der Waals surface area contributed by atoms with Crippen LogP contribution in [0.4, 0.5) is 4.39 Å². The number of nitrogens with zero attached hydrogens (tertiary/aromatic N) is 3. The van der Waals surface area contributed by atoms with Crippen LogP contribution in [0.25, 0.3) is 22.4 Å². The smallest absolute Gasteiger partial charge is 0.211 e. The quantitative estimate of drug-likeness (QED) is 0.728. The maximum Gasteiger partial charge on any atom is 0.211 e. The normalized spacial score (nSPS) is 16.4. The van der Waals surface area contributed by atoms with Crippen LogP contribution in [0, 0.1) is 5.82 Å². The minimum absolute atomic E-state index is 0.169. The van der Waals surface area contributed by atoms with Gasteiger partial charge in [-0.15, -0.1) is 0 Å². The number of sulfonamides is 1. The number of aromatic amines is 1. The molecular formula is C20H21FN4O2S. The van der Waals surface area contributed by atoms with E-state index in [0.717, 1.165) is 40.9 Å². The summed E-state index contributed by atoms with van der Waals surface area (Å²) in [6.07, 6.45) is 6.14. The van der Waals surface area contributed by atoms with Gasteiger partial charge < -0.3 is 0 Å². The first-order valence-electron chi connectivity index (χ1n) is 9.13. The average Bonchev–Trinajstić information content (AvgIpc) is 3.14. The van der Waals surface area contributed by atoms with Crippen molar-refractivity contribution in [2.45, 2.75) is 18.8 Å².